The van der Waals surface area contributed by atoms with E-state index in [0.29, 0.717) is 22.2 Å². The highest BCUT2D eigenvalue weighted by atomic mass is 35.5. The van der Waals surface area contributed by atoms with Crippen LogP contribution < -0.4 is 5.32 Å². The van der Waals surface area contributed by atoms with E-state index >= 15 is 0 Å². The smallest absolute Gasteiger partial charge is 0.130 e. The minimum absolute atomic E-state index is 0.245. The molecule has 2 heterocycles. The predicted molar refractivity (Wildman–Crippen MR) is 104 cm³/mol. The summed E-state index contributed by atoms with van der Waals surface area (Å²) in [4.78, 5) is 13.2. The fourth-order valence-electron chi connectivity index (χ4n) is 2.70. The van der Waals surface area contributed by atoms with Gasteiger partial charge in [-0.05, 0) is 31.2 Å². The van der Waals surface area contributed by atoms with Gasteiger partial charge in [0.15, 0.2) is 0 Å². The standard InChI is InChI=1S/C19H14ClFN4S/c1-11-24-17(12-5-6-16-18(7-12)26-10-23-16)8-19(25-11)22-9-13-14(20)3-2-4-15(13)21/h2-8,10H,9H2,1H3,(H,22,24,25). The van der Waals surface area contributed by atoms with Gasteiger partial charge < -0.3 is 5.32 Å². The number of aryl methyl sites for hydroxylation is 1. The van der Waals surface area contributed by atoms with Crippen molar-refractivity contribution in [3.05, 3.63) is 70.2 Å². The number of hydrogen-bond donors (Lipinski definition) is 1. The van der Waals surface area contributed by atoms with E-state index in [0.717, 1.165) is 21.5 Å². The van der Waals surface area contributed by atoms with Crippen LogP contribution in [0.25, 0.3) is 21.5 Å². The molecule has 4 aromatic rings. The van der Waals surface area contributed by atoms with Gasteiger partial charge in [0.2, 0.25) is 0 Å². The van der Waals surface area contributed by atoms with E-state index in [2.05, 4.69) is 26.3 Å². The van der Waals surface area contributed by atoms with Gasteiger partial charge in [0.05, 0.1) is 21.4 Å². The van der Waals surface area contributed by atoms with Crippen LogP contribution in [-0.2, 0) is 6.54 Å². The molecule has 0 aliphatic heterocycles. The molecule has 0 spiro atoms. The number of aromatic nitrogens is 3. The van der Waals surface area contributed by atoms with Gasteiger partial charge in [-0.15, -0.1) is 11.3 Å². The first-order valence-electron chi connectivity index (χ1n) is 7.96. The Hall–Kier alpha value is -2.57. The summed E-state index contributed by atoms with van der Waals surface area (Å²) in [5, 5.41) is 3.53. The van der Waals surface area contributed by atoms with E-state index in [9.17, 15) is 4.39 Å². The Morgan fingerprint density at radius 1 is 1.15 bits per heavy atom. The van der Waals surface area contributed by atoms with E-state index in [-0.39, 0.29) is 12.4 Å². The molecular weight excluding hydrogens is 371 g/mol. The van der Waals surface area contributed by atoms with Gasteiger partial charge in [-0.3, -0.25) is 0 Å². The van der Waals surface area contributed by atoms with Gasteiger partial charge in [0.1, 0.15) is 17.5 Å². The summed E-state index contributed by atoms with van der Waals surface area (Å²) < 4.78 is 15.0. The van der Waals surface area contributed by atoms with Crippen molar-refractivity contribution >= 4 is 39.0 Å². The molecule has 0 atom stereocenters. The summed E-state index contributed by atoms with van der Waals surface area (Å²) in [7, 11) is 0. The second-order valence-corrected chi connectivity index (χ2v) is 7.07. The summed E-state index contributed by atoms with van der Waals surface area (Å²) in [5.41, 5.74) is 4.99. The second-order valence-electron chi connectivity index (χ2n) is 5.77. The Bertz CT molecular complexity index is 1080. The van der Waals surface area contributed by atoms with E-state index in [1.165, 1.54) is 6.07 Å². The number of benzene rings is 2. The average molecular weight is 385 g/mol. The van der Waals surface area contributed by atoms with Crippen LogP contribution in [0.4, 0.5) is 10.2 Å². The van der Waals surface area contributed by atoms with Crippen molar-refractivity contribution in [1.29, 1.82) is 0 Å². The number of rotatable bonds is 4. The molecule has 1 N–H and O–H groups in total. The largest absolute Gasteiger partial charge is 0.366 e. The highest BCUT2D eigenvalue weighted by Gasteiger charge is 2.09. The predicted octanol–water partition coefficient (Wildman–Crippen LogP) is 5.47. The molecule has 0 unspecified atom stereocenters. The zero-order valence-corrected chi connectivity index (χ0v) is 15.4. The quantitative estimate of drug-likeness (QED) is 0.507. The normalized spacial score (nSPS) is 11.0. The van der Waals surface area contributed by atoms with Crippen LogP contribution >= 0.6 is 22.9 Å². The summed E-state index contributed by atoms with van der Waals surface area (Å²) in [6.07, 6.45) is 0. The fourth-order valence-corrected chi connectivity index (χ4v) is 3.65. The molecule has 0 bridgehead atoms. The monoisotopic (exact) mass is 384 g/mol. The van der Waals surface area contributed by atoms with Crippen molar-refractivity contribution in [1.82, 2.24) is 15.0 Å². The molecule has 130 valence electrons. The van der Waals surface area contributed by atoms with Gasteiger partial charge in [0, 0.05) is 28.8 Å². The Morgan fingerprint density at radius 3 is 2.88 bits per heavy atom. The molecule has 4 nitrogen and oxygen atoms in total. The molecule has 7 heteroatoms. The molecule has 0 amide bonds. The minimum atomic E-state index is -0.341. The third kappa shape index (κ3) is 3.38. The number of fused-ring (bicyclic) bond motifs is 1. The molecule has 26 heavy (non-hydrogen) atoms. The maximum absolute atomic E-state index is 13.9. The first kappa shape index (κ1) is 16.9. The molecule has 4 rings (SSSR count). The second kappa shape index (κ2) is 6.97. The Morgan fingerprint density at radius 2 is 2.04 bits per heavy atom. The van der Waals surface area contributed by atoms with Crippen molar-refractivity contribution in [2.45, 2.75) is 13.5 Å². The van der Waals surface area contributed by atoms with Crippen LogP contribution in [0.15, 0.2) is 48.0 Å². The highest BCUT2D eigenvalue weighted by molar-refractivity contribution is 7.16. The number of hydrogen-bond acceptors (Lipinski definition) is 5. The summed E-state index contributed by atoms with van der Waals surface area (Å²) >= 11 is 7.67. The van der Waals surface area contributed by atoms with Gasteiger partial charge in [-0.2, -0.15) is 0 Å². The molecule has 0 fully saturated rings. The van der Waals surface area contributed by atoms with Gasteiger partial charge >= 0.3 is 0 Å². The molecule has 2 aromatic heterocycles. The van der Waals surface area contributed by atoms with E-state index < -0.39 is 0 Å². The van der Waals surface area contributed by atoms with Crippen LogP contribution in [0, 0.1) is 12.7 Å². The lowest BCUT2D eigenvalue weighted by Crippen LogP contribution is -2.06. The molecule has 0 aliphatic carbocycles. The highest BCUT2D eigenvalue weighted by Crippen LogP contribution is 2.27. The Labute approximate surface area is 158 Å². The van der Waals surface area contributed by atoms with Crippen LogP contribution in [0.5, 0.6) is 0 Å². The van der Waals surface area contributed by atoms with Crippen molar-refractivity contribution in [2.24, 2.45) is 0 Å². The topological polar surface area (TPSA) is 50.7 Å². The lowest BCUT2D eigenvalue weighted by atomic mass is 10.1. The number of nitrogens with one attached hydrogen (secondary N) is 1. The van der Waals surface area contributed by atoms with E-state index in [1.807, 2.05) is 30.6 Å². The van der Waals surface area contributed by atoms with Crippen molar-refractivity contribution in [2.75, 3.05) is 5.32 Å². The van der Waals surface area contributed by atoms with Crippen LogP contribution in [-0.4, -0.2) is 15.0 Å². The van der Waals surface area contributed by atoms with Gasteiger partial charge in [-0.25, -0.2) is 19.3 Å². The molecule has 2 aromatic carbocycles. The molecule has 0 saturated carbocycles. The zero-order valence-electron chi connectivity index (χ0n) is 13.8. The Kier molecular flexibility index (Phi) is 4.53. The third-order valence-electron chi connectivity index (χ3n) is 3.97. The van der Waals surface area contributed by atoms with Crippen LogP contribution in [0.3, 0.4) is 0 Å². The van der Waals surface area contributed by atoms with E-state index in [1.54, 1.807) is 23.5 Å². The third-order valence-corrected chi connectivity index (χ3v) is 5.12. The first-order chi connectivity index (χ1) is 12.6. The Balaban J connectivity index is 1.63. The molecular formula is C19H14ClFN4S. The van der Waals surface area contributed by atoms with Crippen molar-refractivity contribution in [3.8, 4) is 11.3 Å². The lowest BCUT2D eigenvalue weighted by Gasteiger charge is -2.10. The zero-order chi connectivity index (χ0) is 18.1. The van der Waals surface area contributed by atoms with Gasteiger partial charge in [0.25, 0.3) is 0 Å². The van der Waals surface area contributed by atoms with Crippen molar-refractivity contribution < 1.29 is 4.39 Å². The fraction of sp³-hybridized carbons (Fsp3) is 0.105. The molecule has 0 saturated heterocycles. The SMILES string of the molecule is Cc1nc(NCc2c(F)cccc2Cl)cc(-c2ccc3ncsc3c2)n1. The van der Waals surface area contributed by atoms with E-state index in [4.69, 9.17) is 11.6 Å². The minimum Gasteiger partial charge on any atom is -0.366 e. The number of anilines is 1. The average Bonchev–Trinajstić information content (AvgIpc) is 3.08. The lowest BCUT2D eigenvalue weighted by molar-refractivity contribution is 0.613. The van der Waals surface area contributed by atoms with Crippen LogP contribution in [0.2, 0.25) is 5.02 Å². The maximum atomic E-state index is 13.9. The maximum Gasteiger partial charge on any atom is 0.130 e. The summed E-state index contributed by atoms with van der Waals surface area (Å²) in [6.45, 7) is 2.07. The van der Waals surface area contributed by atoms with Crippen LogP contribution in [0.1, 0.15) is 11.4 Å². The summed E-state index contributed by atoms with van der Waals surface area (Å²) in [5.74, 6) is 0.914. The van der Waals surface area contributed by atoms with Crippen molar-refractivity contribution in [3.63, 3.8) is 0 Å². The first-order valence-corrected chi connectivity index (χ1v) is 9.22. The number of thiazole rings is 1. The number of halogens is 2. The molecule has 0 radical (unpaired) electrons. The van der Waals surface area contributed by atoms with Gasteiger partial charge in [-0.1, -0.05) is 23.7 Å². The summed E-state index contributed by atoms with van der Waals surface area (Å²) in [6, 6.07) is 12.5. The molecule has 0 aliphatic rings. The number of nitrogens with zero attached hydrogens (tertiary/aromatic N) is 3.